The summed E-state index contributed by atoms with van der Waals surface area (Å²) in [6.07, 6.45) is 0. The predicted molar refractivity (Wildman–Crippen MR) is 109 cm³/mol. The van der Waals surface area contributed by atoms with Crippen LogP contribution in [0.1, 0.15) is 33.4 Å². The van der Waals surface area contributed by atoms with Gasteiger partial charge in [-0.2, -0.15) is 0 Å². The minimum Gasteiger partial charge on any atom is -0.471 e. The van der Waals surface area contributed by atoms with E-state index >= 15 is 0 Å². The molecule has 0 amide bonds. The molecule has 4 nitrogen and oxygen atoms in total. The van der Waals surface area contributed by atoms with Gasteiger partial charge in [0.15, 0.2) is 6.73 Å². The van der Waals surface area contributed by atoms with Crippen molar-refractivity contribution in [3.63, 3.8) is 0 Å². The molecule has 0 atom stereocenters. The number of fused-ring (bicyclic) bond motifs is 3. The highest BCUT2D eigenvalue weighted by atomic mass is 35.5. The van der Waals surface area contributed by atoms with Crippen LogP contribution in [0, 0.1) is 34.6 Å². The zero-order chi connectivity index (χ0) is 19.5. The highest BCUT2D eigenvalue weighted by molar-refractivity contribution is 6.33. The number of hydrogen-bond donors (Lipinski definition) is 0. The molecule has 0 fully saturated rings. The third-order valence-corrected chi connectivity index (χ3v) is 5.69. The van der Waals surface area contributed by atoms with E-state index in [-0.39, 0.29) is 5.63 Å². The van der Waals surface area contributed by atoms with Crippen molar-refractivity contribution in [3.05, 3.63) is 67.0 Å². The topological polar surface area (TPSA) is 42.7 Å². The summed E-state index contributed by atoms with van der Waals surface area (Å²) >= 11 is 6.50. The summed E-state index contributed by atoms with van der Waals surface area (Å²) in [5, 5.41) is 1.41. The summed E-state index contributed by atoms with van der Waals surface area (Å²) in [6.45, 7) is 11.0. The first-order valence-electron chi connectivity index (χ1n) is 8.99. The second-order valence-electron chi connectivity index (χ2n) is 7.40. The Labute approximate surface area is 163 Å². The van der Waals surface area contributed by atoms with Crippen LogP contribution < -0.4 is 15.3 Å². The van der Waals surface area contributed by atoms with Gasteiger partial charge in [-0.25, -0.2) is 4.79 Å². The molecule has 140 valence electrons. The maximum Gasteiger partial charge on any atom is 0.339 e. The summed E-state index contributed by atoms with van der Waals surface area (Å²) in [5.41, 5.74) is 7.34. The second-order valence-corrected chi connectivity index (χ2v) is 7.81. The molecule has 0 aliphatic carbocycles. The molecule has 27 heavy (non-hydrogen) atoms. The number of rotatable bonds is 1. The molecular weight excluding hydrogens is 362 g/mol. The van der Waals surface area contributed by atoms with Gasteiger partial charge in [0.05, 0.1) is 17.1 Å². The Balaban J connectivity index is 1.92. The Morgan fingerprint density at radius 2 is 1.67 bits per heavy atom. The maximum absolute atomic E-state index is 12.3. The van der Waals surface area contributed by atoms with Crippen molar-refractivity contribution in [3.8, 4) is 5.75 Å². The number of aryl methyl sites for hydroxylation is 4. The Bertz CT molecular complexity index is 1120. The molecule has 0 bridgehead atoms. The fourth-order valence-corrected chi connectivity index (χ4v) is 4.36. The fraction of sp³-hybridized carbons (Fsp3) is 0.318. The molecule has 0 N–H and O–H groups in total. The van der Waals surface area contributed by atoms with E-state index in [1.165, 1.54) is 16.7 Å². The van der Waals surface area contributed by atoms with Gasteiger partial charge in [-0.05, 0) is 57.4 Å². The first-order chi connectivity index (χ1) is 12.8. The van der Waals surface area contributed by atoms with E-state index in [9.17, 15) is 4.79 Å². The van der Waals surface area contributed by atoms with Crippen LogP contribution in [0.2, 0.25) is 5.02 Å². The summed E-state index contributed by atoms with van der Waals surface area (Å²) in [5.74, 6) is 0.606. The van der Waals surface area contributed by atoms with Gasteiger partial charge in [0.2, 0.25) is 0 Å². The zero-order valence-corrected chi connectivity index (χ0v) is 17.0. The Morgan fingerprint density at radius 1 is 1.00 bits per heavy atom. The fourth-order valence-electron chi connectivity index (χ4n) is 4.08. The van der Waals surface area contributed by atoms with E-state index in [2.05, 4.69) is 37.8 Å². The number of hydrogen-bond acceptors (Lipinski definition) is 4. The van der Waals surface area contributed by atoms with Crippen molar-refractivity contribution in [2.75, 3.05) is 11.6 Å². The first-order valence-corrected chi connectivity index (χ1v) is 9.36. The van der Waals surface area contributed by atoms with Crippen LogP contribution in [0.4, 0.5) is 5.69 Å². The van der Waals surface area contributed by atoms with E-state index in [4.69, 9.17) is 20.8 Å². The third kappa shape index (κ3) is 2.79. The van der Waals surface area contributed by atoms with Gasteiger partial charge in [-0.3, -0.25) is 0 Å². The molecular formula is C22H22ClNO3. The van der Waals surface area contributed by atoms with Gasteiger partial charge >= 0.3 is 5.63 Å². The van der Waals surface area contributed by atoms with E-state index in [0.29, 0.717) is 35.2 Å². The van der Waals surface area contributed by atoms with Crippen molar-refractivity contribution in [2.24, 2.45) is 0 Å². The number of halogens is 1. The van der Waals surface area contributed by atoms with E-state index in [0.717, 1.165) is 22.2 Å². The summed E-state index contributed by atoms with van der Waals surface area (Å²) in [6, 6.07) is 6.17. The number of benzene rings is 2. The molecule has 1 aliphatic heterocycles. The normalized spacial score (nSPS) is 13.6. The molecule has 4 rings (SSSR count). The van der Waals surface area contributed by atoms with Crippen molar-refractivity contribution < 1.29 is 9.15 Å². The van der Waals surface area contributed by atoms with Gasteiger partial charge in [0.25, 0.3) is 0 Å². The SMILES string of the molecule is Cc1cc(C)c(N2COc3c(Cl)cc4c(C)c(C)c(=O)oc4c3C2)c(C)c1. The highest BCUT2D eigenvalue weighted by Crippen LogP contribution is 2.41. The van der Waals surface area contributed by atoms with Crippen molar-refractivity contribution in [2.45, 2.75) is 41.2 Å². The zero-order valence-electron chi connectivity index (χ0n) is 16.2. The number of nitrogens with zero attached hydrogens (tertiary/aromatic N) is 1. The molecule has 2 heterocycles. The van der Waals surface area contributed by atoms with Crippen LogP contribution in [0.15, 0.2) is 27.4 Å². The lowest BCUT2D eigenvalue weighted by Gasteiger charge is -2.33. The molecule has 1 aliphatic rings. The van der Waals surface area contributed by atoms with Gasteiger partial charge in [-0.1, -0.05) is 29.3 Å². The van der Waals surface area contributed by atoms with E-state index in [1.807, 2.05) is 13.0 Å². The standard InChI is InChI=1S/C22H22ClNO3/c1-11-6-12(2)19(13(3)7-11)24-9-17-20-16(8-18(23)21(17)26-10-24)14(4)15(5)22(25)27-20/h6-8H,9-10H2,1-5H3. The van der Waals surface area contributed by atoms with Crippen LogP contribution in [0.25, 0.3) is 11.0 Å². The smallest absolute Gasteiger partial charge is 0.339 e. The molecule has 0 saturated carbocycles. The van der Waals surface area contributed by atoms with Gasteiger partial charge in [-0.15, -0.1) is 0 Å². The first kappa shape index (κ1) is 17.9. The number of anilines is 1. The summed E-state index contributed by atoms with van der Waals surface area (Å²) in [7, 11) is 0. The number of ether oxygens (including phenoxy) is 1. The minimum atomic E-state index is -0.315. The van der Waals surface area contributed by atoms with Crippen LogP contribution in [-0.4, -0.2) is 6.73 Å². The van der Waals surface area contributed by atoms with Crippen LogP contribution in [-0.2, 0) is 6.54 Å². The molecule has 3 aromatic rings. The Hall–Kier alpha value is -2.46. The summed E-state index contributed by atoms with van der Waals surface area (Å²) < 4.78 is 11.7. The molecule has 0 saturated heterocycles. The Kier molecular flexibility index (Phi) is 4.19. The van der Waals surface area contributed by atoms with Crippen molar-refractivity contribution in [1.82, 2.24) is 0 Å². The van der Waals surface area contributed by atoms with Crippen molar-refractivity contribution in [1.29, 1.82) is 0 Å². The maximum atomic E-state index is 12.3. The summed E-state index contributed by atoms with van der Waals surface area (Å²) in [4.78, 5) is 14.4. The average Bonchev–Trinajstić information content (AvgIpc) is 2.60. The molecule has 0 radical (unpaired) electrons. The van der Waals surface area contributed by atoms with Crippen LogP contribution >= 0.6 is 11.6 Å². The molecule has 0 unspecified atom stereocenters. The molecule has 5 heteroatoms. The highest BCUT2D eigenvalue weighted by Gasteiger charge is 2.27. The minimum absolute atomic E-state index is 0.315. The van der Waals surface area contributed by atoms with Gasteiger partial charge in [0.1, 0.15) is 11.3 Å². The van der Waals surface area contributed by atoms with Crippen molar-refractivity contribution >= 4 is 28.3 Å². The van der Waals surface area contributed by atoms with Crippen LogP contribution in [0.3, 0.4) is 0 Å². The average molecular weight is 384 g/mol. The lowest BCUT2D eigenvalue weighted by Crippen LogP contribution is -2.33. The molecule has 0 spiro atoms. The Morgan fingerprint density at radius 3 is 2.33 bits per heavy atom. The molecule has 1 aromatic heterocycles. The second kappa shape index (κ2) is 6.31. The lowest BCUT2D eigenvalue weighted by atomic mass is 10.0. The molecule has 2 aromatic carbocycles. The van der Waals surface area contributed by atoms with E-state index in [1.54, 1.807) is 6.92 Å². The quantitative estimate of drug-likeness (QED) is 0.531. The van der Waals surface area contributed by atoms with E-state index < -0.39 is 0 Å². The van der Waals surface area contributed by atoms with Gasteiger partial charge in [0, 0.05) is 16.6 Å². The monoisotopic (exact) mass is 383 g/mol. The largest absolute Gasteiger partial charge is 0.471 e. The van der Waals surface area contributed by atoms with Gasteiger partial charge < -0.3 is 14.1 Å². The van der Waals surface area contributed by atoms with Crippen LogP contribution in [0.5, 0.6) is 5.75 Å². The predicted octanol–water partition coefficient (Wildman–Crippen LogP) is 5.35. The lowest BCUT2D eigenvalue weighted by molar-refractivity contribution is 0.289. The third-order valence-electron chi connectivity index (χ3n) is 5.41.